The molecule has 0 aromatic carbocycles. The Morgan fingerprint density at radius 1 is 0.938 bits per heavy atom. The van der Waals surface area contributed by atoms with Crippen LogP contribution in [0.3, 0.4) is 0 Å². The first-order valence-electron chi connectivity index (χ1n) is 5.74. The predicted octanol–water partition coefficient (Wildman–Crippen LogP) is 2.13. The first-order valence-corrected chi connectivity index (χ1v) is 5.74. The summed E-state index contributed by atoms with van der Waals surface area (Å²) >= 11 is 0. The van der Waals surface area contributed by atoms with Crippen molar-refractivity contribution in [1.29, 1.82) is 0 Å². The van der Waals surface area contributed by atoms with Gasteiger partial charge >= 0.3 is 11.9 Å². The van der Waals surface area contributed by atoms with Gasteiger partial charge in [-0.05, 0) is 25.7 Å². The second kappa shape index (κ2) is 3.06. The Labute approximate surface area is 94.2 Å². The van der Waals surface area contributed by atoms with Crippen molar-refractivity contribution in [2.75, 3.05) is 0 Å². The van der Waals surface area contributed by atoms with Crippen LogP contribution in [0.15, 0.2) is 24.3 Å². The highest BCUT2D eigenvalue weighted by Gasteiger charge is 2.61. The zero-order valence-corrected chi connectivity index (χ0v) is 9.07. The normalized spacial score (nSPS) is 41.2. The molecule has 0 amide bonds. The topological polar surface area (TPSA) is 43.4 Å². The Bertz CT molecular complexity index is 399. The van der Waals surface area contributed by atoms with Gasteiger partial charge < -0.3 is 4.74 Å². The first kappa shape index (κ1) is 9.82. The van der Waals surface area contributed by atoms with Crippen molar-refractivity contribution in [3.8, 4) is 0 Å². The van der Waals surface area contributed by atoms with Crippen molar-refractivity contribution in [3.05, 3.63) is 24.3 Å². The van der Waals surface area contributed by atoms with E-state index >= 15 is 0 Å². The molecule has 1 fully saturated rings. The zero-order valence-electron chi connectivity index (χ0n) is 9.07. The summed E-state index contributed by atoms with van der Waals surface area (Å²) in [5, 5.41) is 0. The van der Waals surface area contributed by atoms with Gasteiger partial charge in [0.15, 0.2) is 0 Å². The fourth-order valence-electron chi connectivity index (χ4n) is 3.39. The summed E-state index contributed by atoms with van der Waals surface area (Å²) in [7, 11) is 0. The van der Waals surface area contributed by atoms with Gasteiger partial charge in [-0.2, -0.15) is 0 Å². The summed E-state index contributed by atoms with van der Waals surface area (Å²) in [4.78, 5) is 23.6. The van der Waals surface area contributed by atoms with E-state index < -0.39 is 5.41 Å². The summed E-state index contributed by atoms with van der Waals surface area (Å²) < 4.78 is 4.87. The van der Waals surface area contributed by atoms with E-state index in [0.717, 1.165) is 12.8 Å². The molecule has 1 aliphatic heterocycles. The number of ether oxygens (including phenoxy) is 1. The number of allylic oxidation sites excluding steroid dienone is 4. The van der Waals surface area contributed by atoms with Crippen LogP contribution >= 0.6 is 0 Å². The predicted molar refractivity (Wildman–Crippen MR) is 57.3 cm³/mol. The maximum Gasteiger partial charge on any atom is 0.320 e. The van der Waals surface area contributed by atoms with Crippen LogP contribution in [-0.2, 0) is 14.3 Å². The molecule has 0 saturated carbocycles. The molecule has 1 heterocycles. The zero-order chi connectivity index (χ0) is 11.2. The van der Waals surface area contributed by atoms with Crippen molar-refractivity contribution in [2.24, 2.45) is 10.8 Å². The van der Waals surface area contributed by atoms with Crippen LogP contribution in [0, 0.1) is 10.8 Å². The van der Waals surface area contributed by atoms with E-state index in [1.54, 1.807) is 0 Å². The van der Waals surface area contributed by atoms with Gasteiger partial charge in [0.2, 0.25) is 0 Å². The quantitative estimate of drug-likeness (QED) is 0.355. The van der Waals surface area contributed by atoms with E-state index in [1.165, 1.54) is 0 Å². The minimum absolute atomic E-state index is 0.205. The molecule has 0 radical (unpaired) electrons. The lowest BCUT2D eigenvalue weighted by atomic mass is 9.51. The molecule has 16 heavy (non-hydrogen) atoms. The van der Waals surface area contributed by atoms with Crippen molar-refractivity contribution >= 4 is 11.9 Å². The number of rotatable bonds is 0. The van der Waals surface area contributed by atoms with E-state index in [0.29, 0.717) is 19.3 Å². The minimum Gasteiger partial charge on any atom is -0.393 e. The monoisotopic (exact) mass is 218 g/mol. The number of hydrogen-bond acceptors (Lipinski definition) is 3. The maximum atomic E-state index is 12.1. The number of hydrogen-bond donors (Lipinski definition) is 0. The van der Waals surface area contributed by atoms with Gasteiger partial charge in [-0.1, -0.05) is 24.3 Å². The Balaban J connectivity index is 2.14. The van der Waals surface area contributed by atoms with Crippen molar-refractivity contribution in [1.82, 2.24) is 0 Å². The summed E-state index contributed by atoms with van der Waals surface area (Å²) in [6, 6.07) is 0. The Hall–Kier alpha value is -1.38. The van der Waals surface area contributed by atoms with E-state index in [1.807, 2.05) is 0 Å². The number of cyclic esters (lactones) is 2. The largest absolute Gasteiger partial charge is 0.393 e. The molecule has 84 valence electrons. The highest BCUT2D eigenvalue weighted by atomic mass is 16.6. The Kier molecular flexibility index (Phi) is 1.88. The molecule has 0 unspecified atom stereocenters. The second-order valence-electron chi connectivity index (χ2n) is 5.06. The van der Waals surface area contributed by atoms with Crippen molar-refractivity contribution in [2.45, 2.75) is 32.1 Å². The number of carbonyl (C=O) groups excluding carboxylic acids is 2. The number of esters is 2. The lowest BCUT2D eigenvalue weighted by Gasteiger charge is -2.53. The molecular formula is C13H14O3. The van der Waals surface area contributed by atoms with E-state index in [2.05, 4.69) is 24.3 Å². The molecule has 3 nitrogen and oxygen atoms in total. The third-order valence-electron chi connectivity index (χ3n) is 4.38. The number of carbonyl (C=O) groups is 2. The average molecular weight is 218 g/mol. The molecule has 2 aliphatic carbocycles. The van der Waals surface area contributed by atoms with Crippen LogP contribution in [-0.4, -0.2) is 11.9 Å². The highest BCUT2D eigenvalue weighted by molar-refractivity contribution is 5.94. The molecule has 3 rings (SSSR count). The van der Waals surface area contributed by atoms with Gasteiger partial charge in [0.05, 0.1) is 11.8 Å². The molecule has 0 atom stereocenters. The summed E-state index contributed by atoms with van der Waals surface area (Å²) in [6.07, 6.45) is 11.7. The van der Waals surface area contributed by atoms with Gasteiger partial charge in [-0.3, -0.25) is 9.59 Å². The molecule has 0 bridgehead atoms. The second-order valence-corrected chi connectivity index (χ2v) is 5.06. The molecule has 3 aliphatic rings. The lowest BCUT2D eigenvalue weighted by molar-refractivity contribution is -0.189. The minimum atomic E-state index is -0.468. The van der Waals surface area contributed by atoms with Crippen molar-refractivity contribution < 1.29 is 14.3 Å². The smallest absolute Gasteiger partial charge is 0.320 e. The molecule has 0 spiro atoms. The lowest BCUT2D eigenvalue weighted by Crippen LogP contribution is -2.55. The van der Waals surface area contributed by atoms with Crippen LogP contribution in [0.4, 0.5) is 0 Å². The van der Waals surface area contributed by atoms with Gasteiger partial charge in [-0.25, -0.2) is 0 Å². The van der Waals surface area contributed by atoms with Gasteiger partial charge in [-0.15, -0.1) is 0 Å². The molecule has 0 N–H and O–H groups in total. The van der Waals surface area contributed by atoms with Crippen LogP contribution in [0.2, 0.25) is 0 Å². The molecular weight excluding hydrogens is 204 g/mol. The van der Waals surface area contributed by atoms with Gasteiger partial charge in [0.25, 0.3) is 0 Å². The van der Waals surface area contributed by atoms with E-state index in [4.69, 9.17) is 4.74 Å². The molecule has 3 heteroatoms. The molecule has 0 aromatic heterocycles. The summed E-state index contributed by atoms with van der Waals surface area (Å²) in [5.41, 5.74) is -0.673. The van der Waals surface area contributed by atoms with E-state index in [-0.39, 0.29) is 17.4 Å². The Morgan fingerprint density at radius 3 is 2.12 bits per heavy atom. The van der Waals surface area contributed by atoms with E-state index in [9.17, 15) is 9.59 Å². The molecule has 0 aromatic rings. The molecule has 1 saturated heterocycles. The van der Waals surface area contributed by atoms with Gasteiger partial charge in [0, 0.05) is 5.41 Å². The SMILES string of the molecule is O=C1CC23CC=CCC2(CC=CC3)C(=O)O1. The fraction of sp³-hybridized carbons (Fsp3) is 0.538. The van der Waals surface area contributed by atoms with Crippen LogP contribution in [0.1, 0.15) is 32.1 Å². The third-order valence-corrected chi connectivity index (χ3v) is 4.38. The summed E-state index contributed by atoms with van der Waals surface area (Å²) in [5.74, 6) is -0.663. The van der Waals surface area contributed by atoms with Crippen LogP contribution < -0.4 is 0 Å². The van der Waals surface area contributed by atoms with Crippen LogP contribution in [0.25, 0.3) is 0 Å². The first-order chi connectivity index (χ1) is 7.69. The third kappa shape index (κ3) is 1.03. The van der Waals surface area contributed by atoms with Crippen molar-refractivity contribution in [3.63, 3.8) is 0 Å². The van der Waals surface area contributed by atoms with Crippen LogP contribution in [0.5, 0.6) is 0 Å². The fourth-order valence-corrected chi connectivity index (χ4v) is 3.39. The summed E-state index contributed by atoms with van der Waals surface area (Å²) in [6.45, 7) is 0. The average Bonchev–Trinajstić information content (AvgIpc) is 2.27. The standard InChI is InChI=1S/C13H14O3/c14-10-9-12-5-1-3-7-13(12,11(15)16-10)8-4-2-6-12/h1-4H,5-9H2. The van der Waals surface area contributed by atoms with Gasteiger partial charge in [0.1, 0.15) is 0 Å². The highest BCUT2D eigenvalue weighted by Crippen LogP contribution is 2.59. The maximum absolute atomic E-state index is 12.1. The Morgan fingerprint density at radius 2 is 1.50 bits per heavy atom.